The van der Waals surface area contributed by atoms with Crippen LogP contribution in [0.3, 0.4) is 0 Å². The Morgan fingerprint density at radius 3 is 3.09 bits per heavy atom. The molecule has 0 unspecified atom stereocenters. The molecule has 124 valence electrons. The van der Waals surface area contributed by atoms with Crippen LogP contribution in [0.2, 0.25) is 0 Å². The molecule has 1 amide bonds. The highest BCUT2D eigenvalue weighted by Gasteiger charge is 2.45. The van der Waals surface area contributed by atoms with E-state index in [-0.39, 0.29) is 11.8 Å². The van der Waals surface area contributed by atoms with Crippen molar-refractivity contribution in [2.24, 2.45) is 17.8 Å². The average molecular weight is 317 g/mol. The number of ether oxygens (including phenoxy) is 1. The Morgan fingerprint density at radius 2 is 2.30 bits per heavy atom. The van der Waals surface area contributed by atoms with E-state index in [1.54, 1.807) is 11.3 Å². The summed E-state index contributed by atoms with van der Waals surface area (Å²) in [6.45, 7) is 5.49. The van der Waals surface area contributed by atoms with Crippen molar-refractivity contribution in [1.82, 2.24) is 14.9 Å². The lowest BCUT2D eigenvalue weighted by atomic mass is 9.82. The van der Waals surface area contributed by atoms with E-state index in [4.69, 9.17) is 9.57 Å². The minimum atomic E-state index is -0.0641. The van der Waals surface area contributed by atoms with E-state index in [0.29, 0.717) is 31.6 Å². The van der Waals surface area contributed by atoms with E-state index in [9.17, 15) is 4.79 Å². The molecule has 0 N–H and O–H groups in total. The van der Waals surface area contributed by atoms with E-state index < -0.39 is 0 Å². The number of pyridine rings is 1. The molecule has 4 heterocycles. The van der Waals surface area contributed by atoms with Crippen LogP contribution in [-0.2, 0) is 20.9 Å². The molecule has 0 spiro atoms. The first-order chi connectivity index (χ1) is 11.3. The number of hydrogen-bond donors (Lipinski definition) is 0. The fraction of sp³-hybridized carbons (Fsp3) is 0.647. The predicted octanol–water partition coefficient (Wildman–Crippen LogP) is 0.940. The van der Waals surface area contributed by atoms with Gasteiger partial charge in [0.1, 0.15) is 0 Å². The third-order valence-corrected chi connectivity index (χ3v) is 5.16. The number of amides is 1. The number of aromatic nitrogens is 1. The normalized spacial score (nSPS) is 31.3. The molecule has 23 heavy (non-hydrogen) atoms. The van der Waals surface area contributed by atoms with Gasteiger partial charge < -0.3 is 4.74 Å². The molecule has 0 aromatic carbocycles. The van der Waals surface area contributed by atoms with Gasteiger partial charge in [0.25, 0.3) is 5.91 Å². The van der Waals surface area contributed by atoms with Gasteiger partial charge in [0.15, 0.2) is 0 Å². The number of carbonyl (C=O) groups is 1. The van der Waals surface area contributed by atoms with E-state index in [2.05, 4.69) is 16.0 Å². The van der Waals surface area contributed by atoms with Crippen molar-refractivity contribution in [2.45, 2.75) is 13.0 Å². The second kappa shape index (κ2) is 6.55. The standard InChI is InChI=1S/C17H23N3O3/c21-17(20-5-2-6-23-20)16-12-22-11-14-9-19(10-15(14)16)8-13-3-1-4-18-7-13/h1,3-4,7,14-16H,2,5-6,8-12H2/t14-,15-,16-/m1/s1. The van der Waals surface area contributed by atoms with Crippen molar-refractivity contribution >= 4 is 5.91 Å². The molecule has 0 saturated carbocycles. The highest BCUT2D eigenvalue weighted by molar-refractivity contribution is 5.78. The van der Waals surface area contributed by atoms with E-state index >= 15 is 0 Å². The maximum Gasteiger partial charge on any atom is 0.251 e. The average Bonchev–Trinajstić information content (AvgIpc) is 3.24. The van der Waals surface area contributed by atoms with Gasteiger partial charge in [-0.25, -0.2) is 5.06 Å². The van der Waals surface area contributed by atoms with Crippen LogP contribution in [0.5, 0.6) is 0 Å². The van der Waals surface area contributed by atoms with Crippen molar-refractivity contribution in [3.05, 3.63) is 30.1 Å². The van der Waals surface area contributed by atoms with Crippen molar-refractivity contribution in [3.63, 3.8) is 0 Å². The number of likely N-dealkylation sites (tertiary alicyclic amines) is 1. The lowest BCUT2D eigenvalue weighted by molar-refractivity contribution is -0.181. The summed E-state index contributed by atoms with van der Waals surface area (Å²) >= 11 is 0. The fourth-order valence-electron chi connectivity index (χ4n) is 4.03. The summed E-state index contributed by atoms with van der Waals surface area (Å²) in [5.41, 5.74) is 1.22. The van der Waals surface area contributed by atoms with Gasteiger partial charge in [0.05, 0.1) is 32.3 Å². The Labute approximate surface area is 136 Å². The van der Waals surface area contributed by atoms with Crippen LogP contribution in [-0.4, -0.2) is 60.3 Å². The van der Waals surface area contributed by atoms with Gasteiger partial charge >= 0.3 is 0 Å². The number of carbonyl (C=O) groups excluding carboxylic acids is 1. The van der Waals surface area contributed by atoms with Gasteiger partial charge in [-0.3, -0.25) is 19.5 Å². The Morgan fingerprint density at radius 1 is 1.35 bits per heavy atom. The molecule has 3 fully saturated rings. The molecule has 4 rings (SSSR count). The number of rotatable bonds is 3. The number of fused-ring (bicyclic) bond motifs is 1. The van der Waals surface area contributed by atoms with Crippen molar-refractivity contribution < 1.29 is 14.4 Å². The van der Waals surface area contributed by atoms with Gasteiger partial charge in [-0.15, -0.1) is 0 Å². The van der Waals surface area contributed by atoms with Crippen LogP contribution in [0.4, 0.5) is 0 Å². The second-order valence-corrected chi connectivity index (χ2v) is 6.75. The third-order valence-electron chi connectivity index (χ3n) is 5.16. The van der Waals surface area contributed by atoms with Gasteiger partial charge in [-0.2, -0.15) is 0 Å². The first kappa shape index (κ1) is 15.1. The van der Waals surface area contributed by atoms with Gasteiger partial charge in [-0.1, -0.05) is 6.07 Å². The largest absolute Gasteiger partial charge is 0.380 e. The SMILES string of the molecule is O=C([C@@H]1COC[C@H]2CN(Cc3cccnc3)C[C@H]21)N1CCCO1. The van der Waals surface area contributed by atoms with Crippen LogP contribution in [0.25, 0.3) is 0 Å². The first-order valence-corrected chi connectivity index (χ1v) is 8.44. The highest BCUT2D eigenvalue weighted by atomic mass is 16.7. The van der Waals surface area contributed by atoms with Crippen molar-refractivity contribution in [2.75, 3.05) is 39.5 Å². The monoisotopic (exact) mass is 317 g/mol. The summed E-state index contributed by atoms with van der Waals surface area (Å²) in [5.74, 6) is 0.861. The smallest absolute Gasteiger partial charge is 0.251 e. The molecule has 1 aromatic rings. The van der Waals surface area contributed by atoms with E-state index in [1.165, 1.54) is 5.56 Å². The Kier molecular flexibility index (Phi) is 4.29. The molecular formula is C17H23N3O3. The van der Waals surface area contributed by atoms with Gasteiger partial charge in [-0.05, 0) is 29.9 Å². The molecule has 3 atom stereocenters. The first-order valence-electron chi connectivity index (χ1n) is 8.44. The summed E-state index contributed by atoms with van der Waals surface area (Å²) in [6, 6.07) is 4.07. The maximum atomic E-state index is 12.7. The second-order valence-electron chi connectivity index (χ2n) is 6.75. The quantitative estimate of drug-likeness (QED) is 0.830. The maximum absolute atomic E-state index is 12.7. The summed E-state index contributed by atoms with van der Waals surface area (Å²) in [7, 11) is 0. The fourth-order valence-corrected chi connectivity index (χ4v) is 4.03. The van der Waals surface area contributed by atoms with Crippen LogP contribution in [0.15, 0.2) is 24.5 Å². The molecule has 0 aliphatic carbocycles. The minimum Gasteiger partial charge on any atom is -0.380 e. The zero-order valence-corrected chi connectivity index (χ0v) is 13.3. The molecule has 6 nitrogen and oxygen atoms in total. The molecule has 6 heteroatoms. The molecule has 3 saturated heterocycles. The summed E-state index contributed by atoms with van der Waals surface area (Å²) < 4.78 is 5.73. The lowest BCUT2D eigenvalue weighted by Gasteiger charge is -2.33. The van der Waals surface area contributed by atoms with Crippen LogP contribution in [0.1, 0.15) is 12.0 Å². The van der Waals surface area contributed by atoms with Crippen LogP contribution >= 0.6 is 0 Å². The van der Waals surface area contributed by atoms with Crippen LogP contribution in [0, 0.1) is 17.8 Å². The van der Waals surface area contributed by atoms with Gasteiger partial charge in [0.2, 0.25) is 0 Å². The Bertz CT molecular complexity index is 547. The predicted molar refractivity (Wildman–Crippen MR) is 83.1 cm³/mol. The molecule has 3 aliphatic rings. The topological polar surface area (TPSA) is 54.9 Å². The number of hydrogen-bond acceptors (Lipinski definition) is 5. The van der Waals surface area contributed by atoms with E-state index in [0.717, 1.165) is 32.7 Å². The summed E-state index contributed by atoms with van der Waals surface area (Å²) in [5, 5.41) is 1.56. The van der Waals surface area contributed by atoms with Crippen molar-refractivity contribution in [3.8, 4) is 0 Å². The molecule has 1 aromatic heterocycles. The zero-order valence-electron chi connectivity index (χ0n) is 13.3. The van der Waals surface area contributed by atoms with Crippen molar-refractivity contribution in [1.29, 1.82) is 0 Å². The number of hydroxylamine groups is 2. The molecule has 0 radical (unpaired) electrons. The third kappa shape index (κ3) is 3.11. The summed E-state index contributed by atoms with van der Waals surface area (Å²) in [6.07, 6.45) is 4.64. The van der Waals surface area contributed by atoms with Crippen LogP contribution < -0.4 is 0 Å². The minimum absolute atomic E-state index is 0.0641. The van der Waals surface area contributed by atoms with E-state index in [1.807, 2.05) is 12.3 Å². The Balaban J connectivity index is 1.42. The Hall–Kier alpha value is -1.50. The lowest BCUT2D eigenvalue weighted by Crippen LogP contribution is -2.45. The zero-order chi connectivity index (χ0) is 15.6. The number of nitrogens with zero attached hydrogens (tertiary/aromatic N) is 3. The highest BCUT2D eigenvalue weighted by Crippen LogP contribution is 2.36. The molecule has 0 bridgehead atoms. The van der Waals surface area contributed by atoms with Gasteiger partial charge in [0, 0.05) is 32.0 Å². The molecule has 3 aliphatic heterocycles. The summed E-state index contributed by atoms with van der Waals surface area (Å²) in [4.78, 5) is 24.8. The molecular weight excluding hydrogens is 294 g/mol.